The molecule has 0 fully saturated rings. The third-order valence-electron chi connectivity index (χ3n) is 2.95. The first kappa shape index (κ1) is 14.2. The lowest BCUT2D eigenvalue weighted by atomic mass is 10.3. The third kappa shape index (κ3) is 2.85. The fraction of sp³-hybridized carbons (Fsp3) is 0.286. The van der Waals surface area contributed by atoms with E-state index in [1.807, 2.05) is 6.92 Å². The van der Waals surface area contributed by atoms with Gasteiger partial charge in [-0.15, -0.1) is 0 Å². The van der Waals surface area contributed by atoms with Crippen molar-refractivity contribution in [1.29, 1.82) is 0 Å². The van der Waals surface area contributed by atoms with Crippen LogP contribution in [-0.4, -0.2) is 45.4 Å². The zero-order valence-corrected chi connectivity index (χ0v) is 11.2. The number of halogens is 1. The van der Waals surface area contributed by atoms with Gasteiger partial charge in [-0.3, -0.25) is 4.79 Å². The number of hydrogen-bond donors (Lipinski definition) is 1. The van der Waals surface area contributed by atoms with Gasteiger partial charge in [0.15, 0.2) is 5.69 Å². The van der Waals surface area contributed by atoms with Gasteiger partial charge in [0.25, 0.3) is 5.91 Å². The number of rotatable bonds is 5. The highest BCUT2D eigenvalue weighted by molar-refractivity contribution is 5.92. The molecule has 20 heavy (non-hydrogen) atoms. The van der Waals surface area contributed by atoms with Crippen molar-refractivity contribution in [3.63, 3.8) is 0 Å². The molecule has 0 aliphatic heterocycles. The maximum absolute atomic E-state index is 13.6. The lowest BCUT2D eigenvalue weighted by Gasteiger charge is -2.18. The van der Waals surface area contributed by atoms with Crippen molar-refractivity contribution >= 4 is 5.91 Å². The molecule has 1 aromatic carbocycles. The normalized spacial score (nSPS) is 10.6. The van der Waals surface area contributed by atoms with E-state index >= 15 is 0 Å². The zero-order chi connectivity index (χ0) is 14.5. The minimum absolute atomic E-state index is 0.104. The number of carbonyl (C=O) groups excluding carboxylic acids is 1. The highest BCUT2D eigenvalue weighted by atomic mass is 19.1. The van der Waals surface area contributed by atoms with Gasteiger partial charge in [-0.25, -0.2) is 9.07 Å². The minimum Gasteiger partial charge on any atom is -0.395 e. The summed E-state index contributed by atoms with van der Waals surface area (Å²) < 4.78 is 15.0. The number of hydrogen-bond acceptors (Lipinski definition) is 3. The molecule has 0 spiro atoms. The average Bonchev–Trinajstić information content (AvgIpc) is 2.94. The van der Waals surface area contributed by atoms with Gasteiger partial charge in [0.2, 0.25) is 0 Å². The van der Waals surface area contributed by atoms with Gasteiger partial charge in [-0.05, 0) is 25.1 Å². The van der Waals surface area contributed by atoms with E-state index in [2.05, 4.69) is 5.10 Å². The Hall–Kier alpha value is -2.21. The van der Waals surface area contributed by atoms with Crippen LogP contribution in [0.4, 0.5) is 4.39 Å². The van der Waals surface area contributed by atoms with E-state index < -0.39 is 5.82 Å². The van der Waals surface area contributed by atoms with E-state index in [0.717, 1.165) is 0 Å². The summed E-state index contributed by atoms with van der Waals surface area (Å²) in [5.41, 5.74) is 0.514. The molecule has 0 saturated carbocycles. The second-order valence-electron chi connectivity index (χ2n) is 4.21. The third-order valence-corrected chi connectivity index (χ3v) is 2.95. The van der Waals surface area contributed by atoms with E-state index in [4.69, 9.17) is 5.11 Å². The lowest BCUT2D eigenvalue weighted by Crippen LogP contribution is -2.33. The van der Waals surface area contributed by atoms with Crippen molar-refractivity contribution in [2.24, 2.45) is 0 Å². The largest absolute Gasteiger partial charge is 0.395 e. The van der Waals surface area contributed by atoms with Gasteiger partial charge in [-0.2, -0.15) is 5.10 Å². The number of para-hydroxylation sites is 1. The average molecular weight is 277 g/mol. The summed E-state index contributed by atoms with van der Waals surface area (Å²) in [5, 5.41) is 13.0. The number of nitrogens with zero attached hydrogens (tertiary/aromatic N) is 3. The maximum atomic E-state index is 13.6. The predicted molar refractivity (Wildman–Crippen MR) is 72.2 cm³/mol. The molecule has 106 valence electrons. The standard InChI is InChI=1S/C14H16FN3O2/c1-2-17(9-10-19)14(20)12-7-8-18(16-12)13-6-4-3-5-11(13)15/h3-8,19H,2,9-10H2,1H3. The number of aliphatic hydroxyl groups excluding tert-OH is 1. The molecule has 0 radical (unpaired) electrons. The highest BCUT2D eigenvalue weighted by Gasteiger charge is 2.17. The van der Waals surface area contributed by atoms with Crippen molar-refractivity contribution in [3.05, 3.63) is 48.0 Å². The fourth-order valence-corrected chi connectivity index (χ4v) is 1.90. The Morgan fingerprint density at radius 2 is 2.15 bits per heavy atom. The topological polar surface area (TPSA) is 58.4 Å². The van der Waals surface area contributed by atoms with Crippen LogP contribution in [0.5, 0.6) is 0 Å². The first-order valence-electron chi connectivity index (χ1n) is 6.38. The minimum atomic E-state index is -0.405. The number of aliphatic hydroxyl groups is 1. The first-order chi connectivity index (χ1) is 9.67. The van der Waals surface area contributed by atoms with Gasteiger partial charge in [0, 0.05) is 19.3 Å². The van der Waals surface area contributed by atoms with E-state index in [9.17, 15) is 9.18 Å². The summed E-state index contributed by atoms with van der Waals surface area (Å²) in [5.74, 6) is -0.686. The van der Waals surface area contributed by atoms with Gasteiger partial charge >= 0.3 is 0 Å². The summed E-state index contributed by atoms with van der Waals surface area (Å²) in [6.07, 6.45) is 1.54. The van der Waals surface area contributed by atoms with E-state index in [0.29, 0.717) is 6.54 Å². The molecule has 0 saturated heterocycles. The molecule has 6 heteroatoms. The molecule has 1 amide bonds. The quantitative estimate of drug-likeness (QED) is 0.900. The Kier molecular flexibility index (Phi) is 4.47. The Morgan fingerprint density at radius 1 is 1.40 bits per heavy atom. The summed E-state index contributed by atoms with van der Waals surface area (Å²) in [6, 6.07) is 7.75. The summed E-state index contributed by atoms with van der Waals surface area (Å²) >= 11 is 0. The molecule has 0 aliphatic carbocycles. The molecule has 2 rings (SSSR count). The molecule has 5 nitrogen and oxygen atoms in total. The Labute approximate surface area is 116 Å². The predicted octanol–water partition coefficient (Wildman–Crippen LogP) is 1.47. The van der Waals surface area contributed by atoms with Crippen molar-refractivity contribution < 1.29 is 14.3 Å². The molecule has 1 N–H and O–H groups in total. The van der Waals surface area contributed by atoms with Crippen LogP contribution >= 0.6 is 0 Å². The SMILES string of the molecule is CCN(CCO)C(=O)c1ccn(-c2ccccc2F)n1. The van der Waals surface area contributed by atoms with Crippen LogP contribution in [0, 0.1) is 5.82 Å². The second kappa shape index (κ2) is 6.29. The zero-order valence-electron chi connectivity index (χ0n) is 11.2. The van der Waals surface area contributed by atoms with E-state index in [1.54, 1.807) is 24.4 Å². The molecule has 2 aromatic rings. The molecule has 0 aliphatic rings. The molecular formula is C14H16FN3O2. The molecule has 0 unspecified atom stereocenters. The molecule has 0 atom stereocenters. The van der Waals surface area contributed by atoms with Crippen LogP contribution in [0.25, 0.3) is 5.69 Å². The van der Waals surface area contributed by atoms with Crippen LogP contribution in [0.3, 0.4) is 0 Å². The summed E-state index contributed by atoms with van der Waals surface area (Å²) in [7, 11) is 0. The van der Waals surface area contributed by atoms with Crippen LogP contribution in [0.1, 0.15) is 17.4 Å². The molecule has 0 bridgehead atoms. The fourth-order valence-electron chi connectivity index (χ4n) is 1.90. The second-order valence-corrected chi connectivity index (χ2v) is 4.21. The van der Waals surface area contributed by atoms with Gasteiger partial charge in [0.1, 0.15) is 11.5 Å². The van der Waals surface area contributed by atoms with Gasteiger partial charge < -0.3 is 10.0 Å². The van der Waals surface area contributed by atoms with Crippen LogP contribution in [-0.2, 0) is 0 Å². The number of likely N-dealkylation sites (N-methyl/N-ethyl adjacent to an activating group) is 1. The summed E-state index contributed by atoms with van der Waals surface area (Å²) in [6.45, 7) is 2.45. The molecule has 1 aromatic heterocycles. The molecule has 1 heterocycles. The van der Waals surface area contributed by atoms with Crippen LogP contribution in [0.2, 0.25) is 0 Å². The molecular weight excluding hydrogens is 261 g/mol. The Bertz CT molecular complexity index is 598. The van der Waals surface area contributed by atoms with Gasteiger partial charge in [0.05, 0.1) is 6.61 Å². The summed E-state index contributed by atoms with van der Waals surface area (Å²) in [4.78, 5) is 13.6. The van der Waals surface area contributed by atoms with E-state index in [1.165, 1.54) is 21.7 Å². The number of amides is 1. The number of carbonyl (C=O) groups is 1. The smallest absolute Gasteiger partial charge is 0.274 e. The lowest BCUT2D eigenvalue weighted by molar-refractivity contribution is 0.0725. The Balaban J connectivity index is 2.25. The monoisotopic (exact) mass is 277 g/mol. The highest BCUT2D eigenvalue weighted by Crippen LogP contribution is 2.12. The van der Waals surface area contributed by atoms with Gasteiger partial charge in [-0.1, -0.05) is 12.1 Å². The van der Waals surface area contributed by atoms with E-state index in [-0.39, 0.29) is 30.4 Å². The number of aromatic nitrogens is 2. The van der Waals surface area contributed by atoms with Crippen LogP contribution < -0.4 is 0 Å². The van der Waals surface area contributed by atoms with Crippen molar-refractivity contribution in [2.45, 2.75) is 6.92 Å². The maximum Gasteiger partial charge on any atom is 0.274 e. The van der Waals surface area contributed by atoms with Crippen LogP contribution in [0.15, 0.2) is 36.5 Å². The first-order valence-corrected chi connectivity index (χ1v) is 6.38. The van der Waals surface area contributed by atoms with Crippen molar-refractivity contribution in [3.8, 4) is 5.69 Å². The Morgan fingerprint density at radius 3 is 2.80 bits per heavy atom. The van der Waals surface area contributed by atoms with Crippen molar-refractivity contribution in [2.75, 3.05) is 19.7 Å². The number of benzene rings is 1. The van der Waals surface area contributed by atoms with Crippen molar-refractivity contribution in [1.82, 2.24) is 14.7 Å².